The van der Waals surface area contributed by atoms with Crippen molar-refractivity contribution in [2.45, 2.75) is 19.4 Å². The van der Waals surface area contributed by atoms with Gasteiger partial charge in [0.1, 0.15) is 0 Å². The number of amides is 1. The van der Waals surface area contributed by atoms with Crippen LogP contribution in [-0.2, 0) is 17.8 Å². The van der Waals surface area contributed by atoms with Crippen molar-refractivity contribution in [3.63, 3.8) is 0 Å². The second kappa shape index (κ2) is 10.2. The van der Waals surface area contributed by atoms with Gasteiger partial charge in [0.2, 0.25) is 17.7 Å². The smallest absolute Gasteiger partial charge is 0.247 e. The molecule has 5 aromatic rings. The molecule has 35 heavy (non-hydrogen) atoms. The Morgan fingerprint density at radius 3 is 2.17 bits per heavy atom. The predicted molar refractivity (Wildman–Crippen MR) is 134 cm³/mol. The van der Waals surface area contributed by atoms with E-state index in [2.05, 4.69) is 10.2 Å². The van der Waals surface area contributed by atoms with E-state index in [9.17, 15) is 4.79 Å². The summed E-state index contributed by atoms with van der Waals surface area (Å²) in [5, 5.41) is 13.0. The molecular weight excluding hydrogens is 438 g/mol. The van der Waals surface area contributed by atoms with Gasteiger partial charge in [-0.25, -0.2) is 4.68 Å². The highest BCUT2D eigenvalue weighted by Gasteiger charge is 2.18. The van der Waals surface area contributed by atoms with Crippen molar-refractivity contribution in [3.05, 3.63) is 109 Å². The SMILES string of the molecule is CN(Cc1cn(-c2ccccc2)nc1-c1ccccc1)C(=O)CCc1nnc(-c2ccccc2)o1. The van der Waals surface area contributed by atoms with Crippen LogP contribution in [-0.4, -0.2) is 37.8 Å². The zero-order chi connectivity index (χ0) is 24.0. The molecule has 7 nitrogen and oxygen atoms in total. The summed E-state index contributed by atoms with van der Waals surface area (Å²) in [7, 11) is 1.81. The Morgan fingerprint density at radius 2 is 1.49 bits per heavy atom. The lowest BCUT2D eigenvalue weighted by Gasteiger charge is -2.16. The number of hydrogen-bond acceptors (Lipinski definition) is 5. The zero-order valence-electron chi connectivity index (χ0n) is 19.4. The fraction of sp³-hybridized carbons (Fsp3) is 0.143. The molecule has 0 radical (unpaired) electrons. The fourth-order valence-electron chi connectivity index (χ4n) is 3.88. The van der Waals surface area contributed by atoms with E-state index in [1.807, 2.05) is 102 Å². The largest absolute Gasteiger partial charge is 0.421 e. The monoisotopic (exact) mass is 463 g/mol. The van der Waals surface area contributed by atoms with Gasteiger partial charge in [0, 0.05) is 49.3 Å². The van der Waals surface area contributed by atoms with Gasteiger partial charge in [-0.2, -0.15) is 5.10 Å². The van der Waals surface area contributed by atoms with Crippen LogP contribution in [0.5, 0.6) is 0 Å². The summed E-state index contributed by atoms with van der Waals surface area (Å²) in [5.41, 5.74) is 4.67. The first-order valence-corrected chi connectivity index (χ1v) is 11.5. The summed E-state index contributed by atoms with van der Waals surface area (Å²) in [5.74, 6) is 0.908. The molecule has 0 atom stereocenters. The third-order valence-electron chi connectivity index (χ3n) is 5.73. The van der Waals surface area contributed by atoms with E-state index in [1.54, 1.807) is 11.9 Å². The maximum atomic E-state index is 12.9. The highest BCUT2D eigenvalue weighted by atomic mass is 16.4. The van der Waals surface area contributed by atoms with Crippen LogP contribution in [0.25, 0.3) is 28.4 Å². The summed E-state index contributed by atoms with van der Waals surface area (Å²) in [6, 6.07) is 29.6. The standard InChI is InChI=1S/C28H25N5O2/c1-32(26(34)18-17-25-29-30-28(35-25)22-13-7-3-8-14-22)19-23-20-33(24-15-9-4-10-16-24)31-27(23)21-11-5-2-6-12-21/h2-16,20H,17-19H2,1H3. The fourth-order valence-corrected chi connectivity index (χ4v) is 3.88. The van der Waals surface area contributed by atoms with E-state index in [-0.39, 0.29) is 12.3 Å². The minimum Gasteiger partial charge on any atom is -0.421 e. The number of carbonyl (C=O) groups excluding carboxylic acids is 1. The van der Waals surface area contributed by atoms with Gasteiger partial charge in [0.05, 0.1) is 11.4 Å². The van der Waals surface area contributed by atoms with Crippen molar-refractivity contribution in [1.29, 1.82) is 0 Å². The Morgan fingerprint density at radius 1 is 0.857 bits per heavy atom. The molecule has 0 bridgehead atoms. The highest BCUT2D eigenvalue weighted by molar-refractivity contribution is 5.76. The number of aromatic nitrogens is 4. The molecule has 0 aliphatic carbocycles. The molecule has 0 saturated carbocycles. The van der Waals surface area contributed by atoms with E-state index in [1.165, 1.54) is 0 Å². The third-order valence-corrected chi connectivity index (χ3v) is 5.73. The van der Waals surface area contributed by atoms with Crippen molar-refractivity contribution in [2.24, 2.45) is 0 Å². The maximum absolute atomic E-state index is 12.9. The first-order chi connectivity index (χ1) is 17.2. The topological polar surface area (TPSA) is 77.1 Å². The molecule has 1 amide bonds. The molecular formula is C28H25N5O2. The van der Waals surface area contributed by atoms with Crippen molar-refractivity contribution in [3.8, 4) is 28.4 Å². The van der Waals surface area contributed by atoms with Crippen molar-refractivity contribution in [2.75, 3.05) is 7.05 Å². The highest BCUT2D eigenvalue weighted by Crippen LogP contribution is 2.25. The molecule has 0 spiro atoms. The maximum Gasteiger partial charge on any atom is 0.247 e. The van der Waals surface area contributed by atoms with Crippen LogP contribution >= 0.6 is 0 Å². The first kappa shape index (κ1) is 22.3. The van der Waals surface area contributed by atoms with Crippen LogP contribution < -0.4 is 0 Å². The number of rotatable bonds is 8. The van der Waals surface area contributed by atoms with E-state index < -0.39 is 0 Å². The van der Waals surface area contributed by atoms with Crippen LogP contribution in [0.2, 0.25) is 0 Å². The number of benzene rings is 3. The number of carbonyl (C=O) groups is 1. The van der Waals surface area contributed by atoms with E-state index in [4.69, 9.17) is 9.52 Å². The summed E-state index contributed by atoms with van der Waals surface area (Å²) in [4.78, 5) is 14.6. The minimum atomic E-state index is -0.00376. The van der Waals surface area contributed by atoms with Gasteiger partial charge in [0.15, 0.2) is 0 Å². The lowest BCUT2D eigenvalue weighted by Crippen LogP contribution is -2.26. The quantitative estimate of drug-likeness (QED) is 0.317. The second-order valence-electron chi connectivity index (χ2n) is 8.27. The molecule has 0 fully saturated rings. The summed E-state index contributed by atoms with van der Waals surface area (Å²) >= 11 is 0. The molecule has 3 aromatic carbocycles. The molecule has 0 saturated heterocycles. The van der Waals surface area contributed by atoms with Gasteiger partial charge in [-0.1, -0.05) is 66.7 Å². The minimum absolute atomic E-state index is 0.00376. The van der Waals surface area contributed by atoms with Gasteiger partial charge < -0.3 is 9.32 Å². The molecule has 0 N–H and O–H groups in total. The normalized spacial score (nSPS) is 10.9. The average Bonchev–Trinajstić information content (AvgIpc) is 3.56. The first-order valence-electron chi connectivity index (χ1n) is 11.5. The number of aryl methyl sites for hydroxylation is 1. The van der Waals surface area contributed by atoms with Gasteiger partial charge in [-0.05, 0) is 24.3 Å². The molecule has 0 unspecified atom stereocenters. The molecule has 7 heteroatoms. The number of nitrogens with zero attached hydrogens (tertiary/aromatic N) is 5. The van der Waals surface area contributed by atoms with Crippen molar-refractivity contribution < 1.29 is 9.21 Å². The predicted octanol–water partition coefficient (Wildman–Crippen LogP) is 5.18. The summed E-state index contributed by atoms with van der Waals surface area (Å²) in [6.07, 6.45) is 2.66. The third kappa shape index (κ3) is 5.19. The number of hydrogen-bond donors (Lipinski definition) is 0. The van der Waals surface area contributed by atoms with E-state index >= 15 is 0 Å². The molecule has 2 aromatic heterocycles. The van der Waals surface area contributed by atoms with Gasteiger partial charge in [-0.15, -0.1) is 10.2 Å². The van der Waals surface area contributed by atoms with Gasteiger partial charge in [-0.3, -0.25) is 4.79 Å². The Hall–Kier alpha value is -4.52. The molecule has 174 valence electrons. The molecule has 0 aliphatic heterocycles. The van der Waals surface area contributed by atoms with E-state index in [0.29, 0.717) is 24.7 Å². The Labute approximate surface area is 203 Å². The summed E-state index contributed by atoms with van der Waals surface area (Å²) in [6.45, 7) is 0.439. The number of para-hydroxylation sites is 1. The summed E-state index contributed by atoms with van der Waals surface area (Å²) < 4.78 is 7.60. The van der Waals surface area contributed by atoms with E-state index in [0.717, 1.165) is 28.1 Å². The van der Waals surface area contributed by atoms with Crippen LogP contribution in [0.3, 0.4) is 0 Å². The Bertz CT molecular complexity index is 1400. The van der Waals surface area contributed by atoms with Gasteiger partial charge in [0.25, 0.3) is 0 Å². The van der Waals surface area contributed by atoms with Gasteiger partial charge >= 0.3 is 0 Å². The second-order valence-corrected chi connectivity index (χ2v) is 8.27. The zero-order valence-corrected chi connectivity index (χ0v) is 19.4. The molecule has 0 aliphatic rings. The van der Waals surface area contributed by atoms with Crippen LogP contribution in [0.4, 0.5) is 0 Å². The lowest BCUT2D eigenvalue weighted by molar-refractivity contribution is -0.130. The van der Waals surface area contributed by atoms with Crippen LogP contribution in [0, 0.1) is 0 Å². The van der Waals surface area contributed by atoms with Crippen molar-refractivity contribution >= 4 is 5.91 Å². The Kier molecular flexibility index (Phi) is 6.48. The average molecular weight is 464 g/mol. The lowest BCUT2D eigenvalue weighted by atomic mass is 10.1. The Balaban J connectivity index is 1.29. The van der Waals surface area contributed by atoms with Crippen molar-refractivity contribution in [1.82, 2.24) is 24.9 Å². The molecule has 2 heterocycles. The van der Waals surface area contributed by atoms with Crippen LogP contribution in [0.1, 0.15) is 17.9 Å². The molecule has 5 rings (SSSR count). The van der Waals surface area contributed by atoms with Crippen LogP contribution in [0.15, 0.2) is 102 Å².